The summed E-state index contributed by atoms with van der Waals surface area (Å²) in [5.41, 5.74) is 9.02. The van der Waals surface area contributed by atoms with Crippen LogP contribution in [-0.2, 0) is 16.3 Å². The Labute approximate surface area is 157 Å². The lowest BCUT2D eigenvalue weighted by Gasteiger charge is -2.14. The molecule has 0 aliphatic heterocycles. The highest BCUT2D eigenvalue weighted by Gasteiger charge is 2.15. The van der Waals surface area contributed by atoms with Crippen LogP contribution in [0, 0.1) is 6.92 Å². The van der Waals surface area contributed by atoms with E-state index in [0.29, 0.717) is 17.9 Å². The zero-order valence-electron chi connectivity index (χ0n) is 15.7. The van der Waals surface area contributed by atoms with Gasteiger partial charge >= 0.3 is 0 Å². The summed E-state index contributed by atoms with van der Waals surface area (Å²) in [6.07, 6.45) is 2.34. The molecule has 0 saturated heterocycles. The van der Waals surface area contributed by atoms with Gasteiger partial charge in [-0.15, -0.1) is 0 Å². The van der Waals surface area contributed by atoms with E-state index >= 15 is 0 Å². The zero-order valence-corrected chi connectivity index (χ0v) is 16.6. The molecule has 2 rings (SSSR count). The Hall–Kier alpha value is -1.69. The second kappa shape index (κ2) is 9.86. The molecule has 0 aliphatic rings. The number of rotatable bonds is 10. The normalized spacial score (nSPS) is 12.9. The summed E-state index contributed by atoms with van der Waals surface area (Å²) < 4.78 is 25.1. The first-order chi connectivity index (χ1) is 12.4. The Bertz CT molecular complexity index is 786. The van der Waals surface area contributed by atoms with Gasteiger partial charge in [0.2, 0.25) is 0 Å². The topological polar surface area (TPSA) is 72.2 Å². The number of aryl methyl sites for hydroxylation is 2. The first-order valence-electron chi connectivity index (χ1n) is 9.24. The third kappa shape index (κ3) is 5.94. The molecule has 1 atom stereocenters. The summed E-state index contributed by atoms with van der Waals surface area (Å²) in [5, 5.41) is 3.39. The standard InChI is InChI=1S/C21H30N2O2S/c1-17-7-3-4-8-19(17)9-5-16-26(24,25)21-12-10-20(11-13-21)18(2)23-15-6-14-22/h3-4,7-8,10-13,18,23H,5-6,9,14-16,22H2,1-2H3. The molecule has 2 aromatic carbocycles. The Morgan fingerprint density at radius 2 is 1.73 bits per heavy atom. The third-order valence-electron chi connectivity index (χ3n) is 4.69. The summed E-state index contributed by atoms with van der Waals surface area (Å²) >= 11 is 0. The highest BCUT2D eigenvalue weighted by atomic mass is 32.2. The minimum Gasteiger partial charge on any atom is -0.330 e. The van der Waals surface area contributed by atoms with Crippen LogP contribution in [-0.4, -0.2) is 27.3 Å². The maximum atomic E-state index is 12.6. The maximum absolute atomic E-state index is 12.6. The van der Waals surface area contributed by atoms with Gasteiger partial charge in [-0.1, -0.05) is 36.4 Å². The highest BCUT2D eigenvalue weighted by Crippen LogP contribution is 2.19. The van der Waals surface area contributed by atoms with Crippen LogP contribution >= 0.6 is 0 Å². The zero-order chi connectivity index (χ0) is 19.0. The lowest BCUT2D eigenvalue weighted by atomic mass is 10.1. The third-order valence-corrected chi connectivity index (χ3v) is 6.51. The molecule has 0 heterocycles. The fraction of sp³-hybridized carbons (Fsp3) is 0.429. The lowest BCUT2D eigenvalue weighted by Crippen LogP contribution is -2.21. The van der Waals surface area contributed by atoms with Crippen LogP contribution in [0.4, 0.5) is 0 Å². The molecule has 2 aromatic rings. The second-order valence-corrected chi connectivity index (χ2v) is 8.85. The van der Waals surface area contributed by atoms with E-state index in [1.807, 2.05) is 24.3 Å². The molecular weight excluding hydrogens is 344 g/mol. The van der Waals surface area contributed by atoms with Crippen LogP contribution in [0.15, 0.2) is 53.4 Å². The van der Waals surface area contributed by atoms with E-state index in [9.17, 15) is 8.42 Å². The van der Waals surface area contributed by atoms with E-state index < -0.39 is 9.84 Å². The predicted molar refractivity (Wildman–Crippen MR) is 108 cm³/mol. The summed E-state index contributed by atoms with van der Waals surface area (Å²) in [7, 11) is -3.24. The molecule has 0 fully saturated rings. The molecule has 0 radical (unpaired) electrons. The Kier molecular flexibility index (Phi) is 7.82. The average molecular weight is 375 g/mol. The fourth-order valence-corrected chi connectivity index (χ4v) is 4.27. The smallest absolute Gasteiger partial charge is 0.178 e. The van der Waals surface area contributed by atoms with Crippen LogP contribution in [0.5, 0.6) is 0 Å². The van der Waals surface area contributed by atoms with Gasteiger partial charge in [0.05, 0.1) is 10.6 Å². The molecule has 5 heteroatoms. The number of hydrogen-bond donors (Lipinski definition) is 2. The van der Waals surface area contributed by atoms with Gasteiger partial charge in [-0.3, -0.25) is 0 Å². The average Bonchev–Trinajstić information content (AvgIpc) is 2.63. The molecule has 26 heavy (non-hydrogen) atoms. The summed E-state index contributed by atoms with van der Waals surface area (Å²) in [6, 6.07) is 15.5. The number of nitrogens with one attached hydrogen (secondary N) is 1. The van der Waals surface area contributed by atoms with Gasteiger partial charge in [-0.2, -0.15) is 0 Å². The van der Waals surface area contributed by atoms with E-state index in [4.69, 9.17) is 5.73 Å². The number of hydrogen-bond acceptors (Lipinski definition) is 4. The van der Waals surface area contributed by atoms with Crippen LogP contribution in [0.3, 0.4) is 0 Å². The molecule has 4 nitrogen and oxygen atoms in total. The highest BCUT2D eigenvalue weighted by molar-refractivity contribution is 7.91. The second-order valence-electron chi connectivity index (χ2n) is 6.74. The molecule has 3 N–H and O–H groups in total. The van der Waals surface area contributed by atoms with Crippen LogP contribution in [0.25, 0.3) is 0 Å². The van der Waals surface area contributed by atoms with Gasteiger partial charge in [0.1, 0.15) is 0 Å². The number of sulfone groups is 1. The first kappa shape index (κ1) is 20.6. The first-order valence-corrected chi connectivity index (χ1v) is 10.9. The molecule has 0 saturated carbocycles. The molecule has 0 spiro atoms. The monoisotopic (exact) mass is 374 g/mol. The molecule has 0 amide bonds. The fourth-order valence-electron chi connectivity index (χ4n) is 2.96. The van der Waals surface area contributed by atoms with Gasteiger partial charge in [0.15, 0.2) is 9.84 Å². The van der Waals surface area contributed by atoms with Crippen molar-refractivity contribution in [1.82, 2.24) is 5.32 Å². The van der Waals surface area contributed by atoms with E-state index in [-0.39, 0.29) is 11.8 Å². The summed E-state index contributed by atoms with van der Waals surface area (Å²) in [5.74, 6) is 0.172. The van der Waals surface area contributed by atoms with Crippen molar-refractivity contribution in [2.24, 2.45) is 5.73 Å². The Morgan fingerprint density at radius 1 is 1.04 bits per heavy atom. The number of benzene rings is 2. The lowest BCUT2D eigenvalue weighted by molar-refractivity contribution is 0.561. The minimum absolute atomic E-state index is 0.172. The van der Waals surface area contributed by atoms with Crippen molar-refractivity contribution in [2.45, 2.75) is 44.0 Å². The van der Waals surface area contributed by atoms with Gasteiger partial charge in [0, 0.05) is 6.04 Å². The van der Waals surface area contributed by atoms with Gasteiger partial charge in [-0.25, -0.2) is 8.42 Å². The molecule has 0 aliphatic carbocycles. The quantitative estimate of drug-likeness (QED) is 0.625. The molecule has 1 unspecified atom stereocenters. The number of nitrogens with two attached hydrogens (primary N) is 1. The van der Waals surface area contributed by atoms with Gasteiger partial charge < -0.3 is 11.1 Å². The molecule has 0 bridgehead atoms. The van der Waals surface area contributed by atoms with Crippen molar-refractivity contribution in [2.75, 3.05) is 18.8 Å². The maximum Gasteiger partial charge on any atom is 0.178 e. The Balaban J connectivity index is 1.93. The molecule has 142 valence electrons. The van der Waals surface area contributed by atoms with Gasteiger partial charge in [0.25, 0.3) is 0 Å². The summed E-state index contributed by atoms with van der Waals surface area (Å²) in [6.45, 7) is 5.66. The van der Waals surface area contributed by atoms with E-state index in [2.05, 4.69) is 31.3 Å². The largest absolute Gasteiger partial charge is 0.330 e. The molecule has 0 aromatic heterocycles. The van der Waals surface area contributed by atoms with Crippen molar-refractivity contribution in [3.63, 3.8) is 0 Å². The van der Waals surface area contributed by atoms with E-state index in [0.717, 1.165) is 24.9 Å². The van der Waals surface area contributed by atoms with E-state index in [1.165, 1.54) is 11.1 Å². The van der Waals surface area contributed by atoms with Crippen LogP contribution in [0.1, 0.15) is 42.5 Å². The van der Waals surface area contributed by atoms with Crippen molar-refractivity contribution < 1.29 is 8.42 Å². The van der Waals surface area contributed by atoms with Crippen molar-refractivity contribution >= 4 is 9.84 Å². The van der Waals surface area contributed by atoms with Crippen molar-refractivity contribution in [1.29, 1.82) is 0 Å². The van der Waals surface area contributed by atoms with Crippen LogP contribution < -0.4 is 11.1 Å². The Morgan fingerprint density at radius 3 is 2.38 bits per heavy atom. The SMILES string of the molecule is Cc1ccccc1CCCS(=O)(=O)c1ccc(C(C)NCCCN)cc1. The predicted octanol–water partition coefficient (Wildman–Crippen LogP) is 3.40. The van der Waals surface area contributed by atoms with E-state index in [1.54, 1.807) is 12.1 Å². The summed E-state index contributed by atoms with van der Waals surface area (Å²) in [4.78, 5) is 0.403. The molecular formula is C21H30N2O2S. The minimum atomic E-state index is -3.24. The van der Waals surface area contributed by atoms with Crippen molar-refractivity contribution in [3.05, 3.63) is 65.2 Å². The van der Waals surface area contributed by atoms with Crippen molar-refractivity contribution in [3.8, 4) is 0 Å². The van der Waals surface area contributed by atoms with Gasteiger partial charge in [-0.05, 0) is 75.0 Å². The van der Waals surface area contributed by atoms with Crippen LogP contribution in [0.2, 0.25) is 0 Å².